The van der Waals surface area contributed by atoms with Gasteiger partial charge in [0.05, 0.1) is 37.1 Å². The molecule has 10 heteroatoms. The van der Waals surface area contributed by atoms with E-state index in [1.165, 1.54) is 0 Å². The van der Waals surface area contributed by atoms with Gasteiger partial charge in [-0.3, -0.25) is 9.58 Å². The van der Waals surface area contributed by atoms with E-state index in [-0.39, 0.29) is 30.3 Å². The number of aromatic nitrogens is 3. The molecular formula is C32H45N5O5. The highest BCUT2D eigenvalue weighted by atomic mass is 16.6. The number of nitrogens with zero attached hydrogens (tertiary/aromatic N) is 5. The molecule has 1 amide bonds. The van der Waals surface area contributed by atoms with Crippen LogP contribution in [0.1, 0.15) is 88.1 Å². The molecule has 2 aliphatic rings. The minimum atomic E-state index is -0.500. The highest BCUT2D eigenvalue weighted by Crippen LogP contribution is 2.33. The summed E-state index contributed by atoms with van der Waals surface area (Å²) in [6.45, 7) is 18.0. The number of hydrogen-bond donors (Lipinski definition) is 0. The van der Waals surface area contributed by atoms with Crippen molar-refractivity contribution in [3.63, 3.8) is 0 Å². The molecular weight excluding hydrogens is 534 g/mol. The van der Waals surface area contributed by atoms with Crippen molar-refractivity contribution in [1.82, 2.24) is 24.0 Å². The molecule has 2 saturated heterocycles. The summed E-state index contributed by atoms with van der Waals surface area (Å²) in [5.41, 5.74) is 5.11. The molecule has 3 aromatic rings. The van der Waals surface area contributed by atoms with E-state index in [4.69, 9.17) is 19.3 Å². The second-order valence-corrected chi connectivity index (χ2v) is 12.8. The number of esters is 1. The Bertz CT molecular complexity index is 1420. The fourth-order valence-electron chi connectivity index (χ4n) is 6.00. The molecule has 0 aliphatic carbocycles. The van der Waals surface area contributed by atoms with Crippen molar-refractivity contribution in [3.05, 3.63) is 47.5 Å². The van der Waals surface area contributed by atoms with Crippen LogP contribution in [0.4, 0.5) is 4.79 Å². The number of ether oxygens (including phenoxy) is 3. The van der Waals surface area contributed by atoms with E-state index in [2.05, 4.69) is 34.7 Å². The van der Waals surface area contributed by atoms with E-state index in [0.29, 0.717) is 31.9 Å². The summed E-state index contributed by atoms with van der Waals surface area (Å²) in [5, 5.41) is 4.72. The van der Waals surface area contributed by atoms with Crippen LogP contribution in [0.3, 0.4) is 0 Å². The molecule has 5 heterocycles. The molecule has 1 atom stereocenters. The molecule has 0 aromatic carbocycles. The maximum atomic E-state index is 13.1. The summed E-state index contributed by atoms with van der Waals surface area (Å²) < 4.78 is 21.0. The molecule has 1 unspecified atom stereocenters. The Balaban J connectivity index is 1.42. The third kappa shape index (κ3) is 6.49. The van der Waals surface area contributed by atoms with Gasteiger partial charge in [-0.2, -0.15) is 5.10 Å². The Morgan fingerprint density at radius 1 is 1.00 bits per heavy atom. The van der Waals surface area contributed by atoms with Gasteiger partial charge < -0.3 is 23.5 Å². The van der Waals surface area contributed by atoms with Crippen molar-refractivity contribution >= 4 is 17.6 Å². The highest BCUT2D eigenvalue weighted by Gasteiger charge is 2.29. The lowest BCUT2D eigenvalue weighted by Gasteiger charge is -2.34. The van der Waals surface area contributed by atoms with E-state index < -0.39 is 5.60 Å². The first kappa shape index (κ1) is 30.1. The predicted molar refractivity (Wildman–Crippen MR) is 161 cm³/mol. The van der Waals surface area contributed by atoms with E-state index >= 15 is 0 Å². The second kappa shape index (κ2) is 12.1. The van der Waals surface area contributed by atoms with Crippen molar-refractivity contribution in [3.8, 4) is 11.1 Å². The zero-order valence-corrected chi connectivity index (χ0v) is 26.1. The van der Waals surface area contributed by atoms with Crippen molar-refractivity contribution < 1.29 is 23.8 Å². The van der Waals surface area contributed by atoms with Crippen LogP contribution in [0, 0.1) is 6.92 Å². The smallest absolute Gasteiger partial charge is 0.410 e. The normalized spacial score (nSPS) is 18.0. The maximum absolute atomic E-state index is 13.1. The minimum absolute atomic E-state index is 0.0846. The van der Waals surface area contributed by atoms with Crippen LogP contribution in [-0.2, 0) is 14.2 Å². The Labute approximate surface area is 248 Å². The maximum Gasteiger partial charge on any atom is 0.410 e. The van der Waals surface area contributed by atoms with Crippen LogP contribution in [-0.4, -0.2) is 87.1 Å². The molecule has 0 bridgehead atoms. The van der Waals surface area contributed by atoms with Gasteiger partial charge in [0.25, 0.3) is 0 Å². The largest absolute Gasteiger partial charge is 0.459 e. The van der Waals surface area contributed by atoms with Gasteiger partial charge in [-0.25, -0.2) is 9.59 Å². The lowest BCUT2D eigenvalue weighted by atomic mass is 10.0. The van der Waals surface area contributed by atoms with Crippen molar-refractivity contribution in [2.24, 2.45) is 0 Å². The highest BCUT2D eigenvalue weighted by molar-refractivity contribution is 5.93. The first-order valence-electron chi connectivity index (χ1n) is 15.1. The molecule has 0 spiro atoms. The molecule has 10 nitrogen and oxygen atoms in total. The van der Waals surface area contributed by atoms with Gasteiger partial charge in [0.2, 0.25) is 0 Å². The number of rotatable bonds is 6. The third-order valence-electron chi connectivity index (χ3n) is 8.17. The number of morpholine rings is 1. The number of hydrogen-bond acceptors (Lipinski definition) is 7. The summed E-state index contributed by atoms with van der Waals surface area (Å²) in [4.78, 5) is 29.8. The number of fused-ring (bicyclic) bond motifs is 1. The first-order chi connectivity index (χ1) is 19.9. The van der Waals surface area contributed by atoms with Gasteiger partial charge in [0.15, 0.2) is 0 Å². The van der Waals surface area contributed by atoms with E-state index in [1.807, 2.05) is 58.5 Å². The van der Waals surface area contributed by atoms with Gasteiger partial charge in [0.1, 0.15) is 5.60 Å². The summed E-state index contributed by atoms with van der Waals surface area (Å²) in [6.07, 6.45) is 7.34. The predicted octanol–water partition coefficient (Wildman–Crippen LogP) is 5.64. The van der Waals surface area contributed by atoms with Gasteiger partial charge >= 0.3 is 12.1 Å². The average Bonchev–Trinajstić information content (AvgIpc) is 3.59. The lowest BCUT2D eigenvalue weighted by molar-refractivity contribution is 0.0184. The number of likely N-dealkylation sites (tertiary alicyclic amines) is 1. The van der Waals surface area contributed by atoms with E-state index in [1.54, 1.807) is 4.90 Å². The zero-order valence-electron chi connectivity index (χ0n) is 26.1. The summed E-state index contributed by atoms with van der Waals surface area (Å²) >= 11 is 0. The van der Waals surface area contributed by atoms with E-state index in [0.717, 1.165) is 53.8 Å². The van der Waals surface area contributed by atoms with Crippen molar-refractivity contribution in [1.29, 1.82) is 0 Å². The van der Waals surface area contributed by atoms with E-state index in [9.17, 15) is 9.59 Å². The first-order valence-corrected chi connectivity index (χ1v) is 15.1. The average molecular weight is 580 g/mol. The number of carbonyl (C=O) groups excluding carboxylic acids is 2. The topological polar surface area (TPSA) is 90.5 Å². The lowest BCUT2D eigenvalue weighted by Crippen LogP contribution is -2.42. The fourth-order valence-corrected chi connectivity index (χ4v) is 6.00. The standard InChI is InChI=1S/C32H45N5O5/c1-21(2)41-30(38)28-17-27-16-24(19-36(27)29(22(28)3)23(4)34-12-14-40-15-13-34)25-18-33-37(20-25)26-8-10-35(11-9-26)31(39)42-32(5,6)7/h16-21,23,26H,8-15H2,1-7H3. The summed E-state index contributed by atoms with van der Waals surface area (Å²) in [7, 11) is 0. The van der Waals surface area contributed by atoms with Crippen molar-refractivity contribution in [2.45, 2.75) is 85.1 Å². The summed E-state index contributed by atoms with van der Waals surface area (Å²) in [5.74, 6) is -0.297. The van der Waals surface area contributed by atoms with Gasteiger partial charge in [0, 0.05) is 67.0 Å². The zero-order chi connectivity index (χ0) is 30.2. The molecule has 228 valence electrons. The Hall–Kier alpha value is -3.37. The quantitative estimate of drug-likeness (QED) is 0.349. The number of amides is 1. The molecule has 0 N–H and O–H groups in total. The minimum Gasteiger partial charge on any atom is -0.459 e. The van der Waals surface area contributed by atoms with Crippen LogP contribution < -0.4 is 0 Å². The molecule has 2 aliphatic heterocycles. The monoisotopic (exact) mass is 579 g/mol. The van der Waals surface area contributed by atoms with Gasteiger partial charge in [-0.05, 0) is 79.0 Å². The number of pyridine rings is 1. The molecule has 3 aromatic heterocycles. The fraction of sp³-hybridized carbons (Fsp3) is 0.594. The Morgan fingerprint density at radius 2 is 1.69 bits per heavy atom. The third-order valence-corrected chi connectivity index (χ3v) is 8.17. The molecule has 0 saturated carbocycles. The van der Waals surface area contributed by atoms with Gasteiger partial charge in [-0.15, -0.1) is 0 Å². The summed E-state index contributed by atoms with van der Waals surface area (Å²) in [6, 6.07) is 4.36. The number of piperidine rings is 1. The second-order valence-electron chi connectivity index (χ2n) is 12.8. The van der Waals surface area contributed by atoms with Crippen LogP contribution >= 0.6 is 0 Å². The van der Waals surface area contributed by atoms with Crippen molar-refractivity contribution in [2.75, 3.05) is 39.4 Å². The van der Waals surface area contributed by atoms with Crippen LogP contribution in [0.15, 0.2) is 30.7 Å². The molecule has 42 heavy (non-hydrogen) atoms. The molecule has 0 radical (unpaired) electrons. The number of carbonyl (C=O) groups is 2. The van der Waals surface area contributed by atoms with Crippen LogP contribution in [0.25, 0.3) is 16.6 Å². The molecule has 2 fully saturated rings. The Kier molecular flexibility index (Phi) is 8.66. The van der Waals surface area contributed by atoms with Gasteiger partial charge in [-0.1, -0.05) is 0 Å². The van der Waals surface area contributed by atoms with Crippen LogP contribution in [0.2, 0.25) is 0 Å². The Morgan fingerprint density at radius 3 is 2.33 bits per heavy atom. The van der Waals surface area contributed by atoms with Crippen LogP contribution in [0.5, 0.6) is 0 Å². The molecule has 5 rings (SSSR count). The SMILES string of the molecule is Cc1c(C(=O)OC(C)C)cc2cc(-c3cnn(C4CCN(C(=O)OC(C)(C)C)CC4)c3)cn2c1C(C)N1CCOCC1.